The van der Waals surface area contributed by atoms with E-state index in [4.69, 9.17) is 0 Å². The van der Waals surface area contributed by atoms with Crippen LogP contribution in [0.1, 0.15) is 117 Å². The van der Waals surface area contributed by atoms with Crippen LogP contribution < -0.4 is 10.6 Å². The third-order valence-electron chi connectivity index (χ3n) is 6.76. The molecule has 0 radical (unpaired) electrons. The molecular formula is C27H52N3O+. The van der Waals surface area contributed by atoms with Crippen LogP contribution in [0.5, 0.6) is 0 Å². The number of carbonyl (C=O) groups excluding carboxylic acids is 1. The van der Waals surface area contributed by atoms with Gasteiger partial charge in [-0.15, -0.1) is 0 Å². The number of nitrogens with zero attached hydrogens (tertiary/aromatic N) is 1. The van der Waals surface area contributed by atoms with E-state index in [-0.39, 0.29) is 5.91 Å². The number of unbranched alkanes of at least 4 members (excludes halogenated alkanes) is 12. The van der Waals surface area contributed by atoms with Crippen molar-refractivity contribution in [1.82, 2.24) is 10.6 Å². The van der Waals surface area contributed by atoms with E-state index in [9.17, 15) is 4.79 Å². The molecule has 1 amide bonds. The second-order valence-corrected chi connectivity index (χ2v) is 9.35. The molecule has 0 aromatic rings. The van der Waals surface area contributed by atoms with Gasteiger partial charge in [-0.05, 0) is 39.0 Å². The molecule has 0 bridgehead atoms. The number of nitrogens with one attached hydrogen (secondary N) is 2. The highest BCUT2D eigenvalue weighted by Gasteiger charge is 2.36. The van der Waals surface area contributed by atoms with Crippen LogP contribution in [0.15, 0.2) is 24.6 Å². The lowest BCUT2D eigenvalue weighted by molar-refractivity contribution is -0.898. The summed E-state index contributed by atoms with van der Waals surface area (Å²) in [7, 11) is 0. The smallest absolute Gasteiger partial charge is 0.217 e. The lowest BCUT2D eigenvalue weighted by atomic mass is 10.1. The van der Waals surface area contributed by atoms with Crippen LogP contribution in [-0.2, 0) is 4.79 Å². The van der Waals surface area contributed by atoms with Crippen LogP contribution in [0.4, 0.5) is 0 Å². The van der Waals surface area contributed by atoms with Gasteiger partial charge in [0.2, 0.25) is 5.91 Å². The Morgan fingerprint density at radius 1 is 0.903 bits per heavy atom. The summed E-state index contributed by atoms with van der Waals surface area (Å²) < 4.78 is 0.951. The molecule has 0 aromatic heterocycles. The van der Waals surface area contributed by atoms with Crippen molar-refractivity contribution in [3.63, 3.8) is 0 Å². The quantitative estimate of drug-likeness (QED) is 0.126. The maximum absolute atomic E-state index is 11.2. The summed E-state index contributed by atoms with van der Waals surface area (Å²) in [4.78, 5) is 11.2. The Bertz CT molecular complexity index is 503. The molecule has 0 aliphatic carbocycles. The van der Waals surface area contributed by atoms with Crippen LogP contribution >= 0.6 is 0 Å². The summed E-state index contributed by atoms with van der Waals surface area (Å²) in [6.07, 6.45) is 29.9. The molecule has 1 heterocycles. The van der Waals surface area contributed by atoms with E-state index in [1.807, 2.05) is 0 Å². The van der Waals surface area contributed by atoms with Gasteiger partial charge in [0.05, 0.1) is 19.3 Å². The summed E-state index contributed by atoms with van der Waals surface area (Å²) in [5.74, 6) is 0.0655. The van der Waals surface area contributed by atoms with Gasteiger partial charge in [0.1, 0.15) is 12.7 Å². The fraction of sp³-hybridized carbons (Fsp3) is 0.815. The Labute approximate surface area is 193 Å². The first-order chi connectivity index (χ1) is 15.1. The summed E-state index contributed by atoms with van der Waals surface area (Å²) in [6, 6.07) is 0. The van der Waals surface area contributed by atoms with Crippen molar-refractivity contribution in [3.05, 3.63) is 24.6 Å². The van der Waals surface area contributed by atoms with Gasteiger partial charge in [-0.2, -0.15) is 0 Å². The standard InChI is InChI=1S/C27H51N3O/c1-4-6-7-8-9-10-11-12-13-14-15-16-17-18-19-20-21-27-29-23-25-30(27,5-2)24-22-28-26(3)31/h11-12,23,25,27,29H,4-10,13-22,24H2,1-3H3/p+1/b12-11+. The predicted molar refractivity (Wildman–Crippen MR) is 134 cm³/mol. The van der Waals surface area contributed by atoms with Crippen LogP contribution in [-0.4, -0.2) is 36.2 Å². The minimum atomic E-state index is 0.0655. The Balaban J connectivity index is 1.98. The molecule has 0 aromatic carbocycles. The second kappa shape index (κ2) is 18.3. The average Bonchev–Trinajstić information content (AvgIpc) is 3.16. The lowest BCUT2D eigenvalue weighted by Gasteiger charge is -2.37. The Morgan fingerprint density at radius 2 is 1.48 bits per heavy atom. The van der Waals surface area contributed by atoms with Crippen molar-refractivity contribution < 1.29 is 9.28 Å². The number of likely N-dealkylation sites (N-methyl/N-ethyl adjacent to an activating group) is 1. The van der Waals surface area contributed by atoms with Crippen molar-refractivity contribution in [2.45, 2.75) is 123 Å². The van der Waals surface area contributed by atoms with Gasteiger partial charge >= 0.3 is 0 Å². The lowest BCUT2D eigenvalue weighted by Crippen LogP contribution is -2.55. The van der Waals surface area contributed by atoms with Crippen LogP contribution in [0.2, 0.25) is 0 Å². The zero-order valence-corrected chi connectivity index (χ0v) is 21.0. The maximum atomic E-state index is 11.2. The minimum absolute atomic E-state index is 0.0655. The molecule has 0 fully saturated rings. The number of allylic oxidation sites excluding steroid dienone is 2. The molecule has 4 nitrogen and oxygen atoms in total. The van der Waals surface area contributed by atoms with Gasteiger partial charge in [0, 0.05) is 13.3 Å². The van der Waals surface area contributed by atoms with Gasteiger partial charge in [-0.3, -0.25) is 9.28 Å². The maximum Gasteiger partial charge on any atom is 0.217 e. The number of quaternary nitrogens is 1. The highest BCUT2D eigenvalue weighted by molar-refractivity contribution is 5.72. The molecule has 2 N–H and O–H groups in total. The topological polar surface area (TPSA) is 41.1 Å². The normalized spacial score (nSPS) is 20.4. The molecule has 1 rings (SSSR count). The van der Waals surface area contributed by atoms with Gasteiger partial charge in [-0.25, -0.2) is 0 Å². The van der Waals surface area contributed by atoms with E-state index in [1.165, 1.54) is 96.3 Å². The van der Waals surface area contributed by atoms with E-state index in [2.05, 4.69) is 49.0 Å². The molecule has 0 saturated carbocycles. The molecule has 1 aliphatic heterocycles. The third-order valence-corrected chi connectivity index (χ3v) is 6.76. The molecule has 31 heavy (non-hydrogen) atoms. The Hall–Kier alpha value is -1.29. The molecule has 4 heteroatoms. The van der Waals surface area contributed by atoms with Crippen LogP contribution in [0, 0.1) is 0 Å². The van der Waals surface area contributed by atoms with Crippen LogP contribution in [0.3, 0.4) is 0 Å². The van der Waals surface area contributed by atoms with Gasteiger partial charge in [0.15, 0.2) is 6.17 Å². The molecule has 0 saturated heterocycles. The van der Waals surface area contributed by atoms with Gasteiger partial charge < -0.3 is 10.6 Å². The van der Waals surface area contributed by atoms with E-state index in [0.29, 0.717) is 6.17 Å². The van der Waals surface area contributed by atoms with Crippen molar-refractivity contribution in [3.8, 4) is 0 Å². The third kappa shape index (κ3) is 13.0. The Kier molecular flexibility index (Phi) is 16.4. The minimum Gasteiger partial charge on any atom is -0.351 e. The fourth-order valence-electron chi connectivity index (χ4n) is 4.63. The SMILES string of the molecule is CCCCCCC/C=C/CCCCCCCCCC1NC=C[N+]1(CC)CCNC(C)=O. The first kappa shape index (κ1) is 27.7. The summed E-state index contributed by atoms with van der Waals surface area (Å²) in [6.45, 7) is 8.92. The van der Waals surface area contributed by atoms with Gasteiger partial charge in [-0.1, -0.05) is 76.9 Å². The van der Waals surface area contributed by atoms with Crippen molar-refractivity contribution in [2.75, 3.05) is 19.6 Å². The van der Waals surface area contributed by atoms with Crippen molar-refractivity contribution in [2.24, 2.45) is 0 Å². The molecule has 2 unspecified atom stereocenters. The zero-order valence-electron chi connectivity index (χ0n) is 21.0. The number of carbonyl (C=O) groups is 1. The molecule has 1 aliphatic rings. The largest absolute Gasteiger partial charge is 0.351 e. The van der Waals surface area contributed by atoms with Crippen molar-refractivity contribution in [1.29, 1.82) is 0 Å². The van der Waals surface area contributed by atoms with E-state index >= 15 is 0 Å². The fourth-order valence-corrected chi connectivity index (χ4v) is 4.63. The van der Waals surface area contributed by atoms with Crippen molar-refractivity contribution >= 4 is 5.91 Å². The van der Waals surface area contributed by atoms with Crippen LogP contribution in [0.25, 0.3) is 0 Å². The summed E-state index contributed by atoms with van der Waals surface area (Å²) in [5, 5.41) is 6.52. The van der Waals surface area contributed by atoms with E-state index < -0.39 is 0 Å². The highest BCUT2D eigenvalue weighted by Crippen LogP contribution is 2.23. The first-order valence-corrected chi connectivity index (χ1v) is 13.3. The number of hydrogen-bond acceptors (Lipinski definition) is 2. The second-order valence-electron chi connectivity index (χ2n) is 9.35. The summed E-state index contributed by atoms with van der Waals surface area (Å²) in [5.41, 5.74) is 0. The number of amides is 1. The molecule has 180 valence electrons. The number of rotatable bonds is 20. The highest BCUT2D eigenvalue weighted by atomic mass is 16.1. The average molecular weight is 435 g/mol. The predicted octanol–water partition coefficient (Wildman–Crippen LogP) is 6.79. The molecular weight excluding hydrogens is 382 g/mol. The first-order valence-electron chi connectivity index (χ1n) is 13.3. The zero-order chi connectivity index (χ0) is 22.6. The monoisotopic (exact) mass is 434 g/mol. The molecule has 2 atom stereocenters. The molecule has 0 spiro atoms. The summed E-state index contributed by atoms with van der Waals surface area (Å²) >= 11 is 0. The number of hydrogen-bond donors (Lipinski definition) is 2. The van der Waals surface area contributed by atoms with E-state index in [1.54, 1.807) is 6.92 Å². The Morgan fingerprint density at radius 3 is 2.06 bits per heavy atom. The van der Waals surface area contributed by atoms with Gasteiger partial charge in [0.25, 0.3) is 0 Å². The van der Waals surface area contributed by atoms with E-state index in [0.717, 1.165) is 24.1 Å².